The number of amides is 4. The van der Waals surface area contributed by atoms with Crippen molar-refractivity contribution in [3.8, 4) is 0 Å². The van der Waals surface area contributed by atoms with Crippen LogP contribution in [-0.2, 0) is 16.1 Å². The van der Waals surface area contributed by atoms with Gasteiger partial charge in [0.2, 0.25) is 11.8 Å². The van der Waals surface area contributed by atoms with Crippen LogP contribution in [0, 0.1) is 0 Å². The maximum absolute atomic E-state index is 12.7. The van der Waals surface area contributed by atoms with Crippen LogP contribution in [0.4, 0.5) is 0 Å². The van der Waals surface area contributed by atoms with Gasteiger partial charge in [-0.2, -0.15) is 0 Å². The first-order valence-corrected chi connectivity index (χ1v) is 9.13. The number of halogens is 1. The number of carbonyl (C=O) groups is 4. The number of nitrogens with zero attached hydrogens (tertiary/aromatic N) is 2. The summed E-state index contributed by atoms with van der Waals surface area (Å²) >= 11 is 3.38. The molecule has 0 spiro atoms. The Labute approximate surface area is 153 Å². The molecule has 25 heavy (non-hydrogen) atoms. The summed E-state index contributed by atoms with van der Waals surface area (Å²) in [5.74, 6) is -1.92. The van der Waals surface area contributed by atoms with E-state index in [1.165, 1.54) is 0 Å². The van der Waals surface area contributed by atoms with Gasteiger partial charge in [0, 0.05) is 24.8 Å². The Balaban J connectivity index is 1.84. The third-order valence-corrected chi connectivity index (χ3v) is 4.78. The minimum atomic E-state index is -0.926. The number of benzene rings is 1. The molecule has 1 unspecified atom stereocenters. The lowest BCUT2D eigenvalue weighted by Gasteiger charge is -2.27. The molecule has 1 aromatic carbocycles. The van der Waals surface area contributed by atoms with Crippen LogP contribution in [0.1, 0.15) is 39.1 Å². The molecule has 7 nitrogen and oxygen atoms in total. The first-order chi connectivity index (χ1) is 11.9. The second-order valence-electron chi connectivity index (χ2n) is 6.25. The minimum Gasteiger partial charge on any atom is -0.301 e. The SMILES string of the molecule is CN(CCBr)Cc1ccc2c(c1)C(=O)N(C1CCC(=O)NC1=O)C2=O. The first kappa shape index (κ1) is 17.8. The topological polar surface area (TPSA) is 86.8 Å². The van der Waals surface area contributed by atoms with Crippen LogP contribution in [-0.4, -0.2) is 58.4 Å². The van der Waals surface area contributed by atoms with Crippen molar-refractivity contribution >= 4 is 39.6 Å². The normalized spacial score (nSPS) is 20.3. The van der Waals surface area contributed by atoms with Crippen LogP contribution in [0.25, 0.3) is 0 Å². The maximum atomic E-state index is 12.7. The molecule has 8 heteroatoms. The summed E-state index contributed by atoms with van der Waals surface area (Å²) in [6, 6.07) is 4.25. The van der Waals surface area contributed by atoms with Crippen LogP contribution in [0.15, 0.2) is 18.2 Å². The Bertz CT molecular complexity index is 764. The van der Waals surface area contributed by atoms with Crippen LogP contribution < -0.4 is 5.32 Å². The predicted molar refractivity (Wildman–Crippen MR) is 93.2 cm³/mol. The van der Waals surface area contributed by atoms with E-state index >= 15 is 0 Å². The number of piperidine rings is 1. The van der Waals surface area contributed by atoms with E-state index in [1.54, 1.807) is 12.1 Å². The molecule has 2 heterocycles. The third kappa shape index (κ3) is 3.36. The van der Waals surface area contributed by atoms with E-state index in [1.807, 2.05) is 13.1 Å². The monoisotopic (exact) mass is 407 g/mol. The van der Waals surface area contributed by atoms with Crippen molar-refractivity contribution in [3.63, 3.8) is 0 Å². The lowest BCUT2D eigenvalue weighted by molar-refractivity contribution is -0.136. The van der Waals surface area contributed by atoms with Crippen LogP contribution in [0.5, 0.6) is 0 Å². The Morgan fingerprint density at radius 3 is 2.60 bits per heavy atom. The summed E-state index contributed by atoms with van der Waals surface area (Å²) in [6.45, 7) is 1.51. The van der Waals surface area contributed by atoms with Gasteiger partial charge in [-0.3, -0.25) is 29.4 Å². The van der Waals surface area contributed by atoms with Gasteiger partial charge >= 0.3 is 0 Å². The summed E-state index contributed by atoms with van der Waals surface area (Å²) in [5, 5.41) is 3.03. The molecule has 2 aliphatic heterocycles. The van der Waals surface area contributed by atoms with E-state index in [0.29, 0.717) is 17.7 Å². The number of fused-ring (bicyclic) bond motifs is 1. The molecular formula is C17H18BrN3O4. The van der Waals surface area contributed by atoms with Crippen molar-refractivity contribution in [1.29, 1.82) is 0 Å². The van der Waals surface area contributed by atoms with Crippen molar-refractivity contribution in [3.05, 3.63) is 34.9 Å². The fraction of sp³-hybridized carbons (Fsp3) is 0.412. The van der Waals surface area contributed by atoms with Gasteiger partial charge in [0.25, 0.3) is 11.8 Å². The largest absolute Gasteiger partial charge is 0.301 e. The first-order valence-electron chi connectivity index (χ1n) is 8.01. The average molecular weight is 408 g/mol. The second kappa shape index (κ2) is 7.05. The van der Waals surface area contributed by atoms with Gasteiger partial charge in [-0.15, -0.1) is 0 Å². The molecule has 2 aliphatic rings. The quantitative estimate of drug-likeness (QED) is 0.579. The zero-order chi connectivity index (χ0) is 18.1. The van der Waals surface area contributed by atoms with E-state index in [0.717, 1.165) is 22.3 Å². The standard InChI is InChI=1S/C17H18BrN3O4/c1-20(7-6-18)9-10-2-3-11-12(8-10)17(25)21(16(11)24)13-4-5-14(22)19-15(13)23/h2-3,8,13H,4-7,9H2,1H3,(H,19,22,23). The Morgan fingerprint density at radius 1 is 1.20 bits per heavy atom. The minimum absolute atomic E-state index is 0.117. The molecule has 0 aliphatic carbocycles. The summed E-state index contributed by atoms with van der Waals surface area (Å²) in [5.41, 5.74) is 1.55. The summed E-state index contributed by atoms with van der Waals surface area (Å²) in [6.07, 6.45) is 0.281. The molecule has 0 radical (unpaired) electrons. The zero-order valence-electron chi connectivity index (χ0n) is 13.8. The number of rotatable bonds is 5. The predicted octanol–water partition coefficient (Wildman–Crippen LogP) is 0.914. The van der Waals surface area contributed by atoms with Gasteiger partial charge in [0.1, 0.15) is 6.04 Å². The zero-order valence-corrected chi connectivity index (χ0v) is 15.3. The third-order valence-electron chi connectivity index (χ3n) is 4.42. The smallest absolute Gasteiger partial charge is 0.262 e. The average Bonchev–Trinajstić information content (AvgIpc) is 2.79. The van der Waals surface area contributed by atoms with Gasteiger partial charge in [0.15, 0.2) is 0 Å². The van der Waals surface area contributed by atoms with Crippen molar-refractivity contribution in [2.75, 3.05) is 18.9 Å². The molecule has 1 aromatic rings. The number of imide groups is 2. The number of hydrogen-bond acceptors (Lipinski definition) is 5. The molecule has 0 aromatic heterocycles. The van der Waals surface area contributed by atoms with E-state index in [4.69, 9.17) is 0 Å². The molecule has 0 saturated carbocycles. The Kier molecular flexibility index (Phi) is 5.01. The van der Waals surface area contributed by atoms with Crippen molar-refractivity contribution in [2.45, 2.75) is 25.4 Å². The molecule has 1 fully saturated rings. The number of carbonyl (C=O) groups excluding carboxylic acids is 4. The molecule has 1 N–H and O–H groups in total. The summed E-state index contributed by atoms with van der Waals surface area (Å²) in [7, 11) is 1.97. The molecule has 132 valence electrons. The van der Waals surface area contributed by atoms with Gasteiger partial charge in [0.05, 0.1) is 11.1 Å². The van der Waals surface area contributed by atoms with E-state index < -0.39 is 23.8 Å². The number of hydrogen-bond donors (Lipinski definition) is 1. The van der Waals surface area contributed by atoms with Gasteiger partial charge < -0.3 is 4.90 Å². The number of alkyl halides is 1. The lowest BCUT2D eigenvalue weighted by atomic mass is 10.0. The second-order valence-corrected chi connectivity index (χ2v) is 7.05. The van der Waals surface area contributed by atoms with Gasteiger partial charge in [-0.25, -0.2) is 0 Å². The highest BCUT2D eigenvalue weighted by atomic mass is 79.9. The Hall–Kier alpha value is -2.06. The van der Waals surface area contributed by atoms with E-state index in [2.05, 4.69) is 26.1 Å². The van der Waals surface area contributed by atoms with Crippen molar-refractivity contribution < 1.29 is 19.2 Å². The van der Waals surface area contributed by atoms with Gasteiger partial charge in [-0.05, 0) is 31.2 Å². The summed E-state index contributed by atoms with van der Waals surface area (Å²) in [4.78, 5) is 51.7. The van der Waals surface area contributed by atoms with Crippen LogP contribution in [0.3, 0.4) is 0 Å². The molecule has 1 saturated heterocycles. The highest BCUT2D eigenvalue weighted by Gasteiger charge is 2.44. The van der Waals surface area contributed by atoms with Crippen molar-refractivity contribution in [2.24, 2.45) is 0 Å². The van der Waals surface area contributed by atoms with Crippen LogP contribution in [0.2, 0.25) is 0 Å². The van der Waals surface area contributed by atoms with Crippen molar-refractivity contribution in [1.82, 2.24) is 15.1 Å². The Morgan fingerprint density at radius 2 is 1.92 bits per heavy atom. The lowest BCUT2D eigenvalue weighted by Crippen LogP contribution is -2.54. The van der Waals surface area contributed by atoms with E-state index in [-0.39, 0.29) is 18.7 Å². The van der Waals surface area contributed by atoms with Crippen LogP contribution >= 0.6 is 15.9 Å². The molecule has 0 bridgehead atoms. The molecule has 3 rings (SSSR count). The molecular weight excluding hydrogens is 390 g/mol. The van der Waals surface area contributed by atoms with Gasteiger partial charge in [-0.1, -0.05) is 22.0 Å². The maximum Gasteiger partial charge on any atom is 0.262 e. The highest BCUT2D eigenvalue weighted by molar-refractivity contribution is 9.09. The molecule has 1 atom stereocenters. The summed E-state index contributed by atoms with van der Waals surface area (Å²) < 4.78 is 0. The van der Waals surface area contributed by atoms with E-state index in [9.17, 15) is 19.2 Å². The molecule has 4 amide bonds. The number of nitrogens with one attached hydrogen (secondary N) is 1. The fourth-order valence-electron chi connectivity index (χ4n) is 3.15. The highest BCUT2D eigenvalue weighted by Crippen LogP contribution is 2.28. The fourth-order valence-corrected chi connectivity index (χ4v) is 3.76.